The van der Waals surface area contributed by atoms with Crippen LogP contribution >= 0.6 is 11.6 Å². The Balaban J connectivity index is 1.64. The third kappa shape index (κ3) is 4.54. The number of carbonyl (C=O) groups is 1. The maximum Gasteiger partial charge on any atom is 0.257 e. The van der Waals surface area contributed by atoms with Gasteiger partial charge < -0.3 is 9.64 Å². The number of hydrogen-bond donors (Lipinski definition) is 0. The number of halogens is 2. The summed E-state index contributed by atoms with van der Waals surface area (Å²) in [5, 5.41) is 0.541. The summed E-state index contributed by atoms with van der Waals surface area (Å²) in [6, 6.07) is 11.7. The van der Waals surface area contributed by atoms with Crippen molar-refractivity contribution >= 4 is 17.5 Å². The first-order valence-corrected chi connectivity index (χ1v) is 9.04. The van der Waals surface area contributed by atoms with Crippen molar-refractivity contribution in [2.75, 3.05) is 33.3 Å². The average molecular weight is 377 g/mol. The Labute approximate surface area is 158 Å². The molecule has 1 saturated heterocycles. The van der Waals surface area contributed by atoms with Gasteiger partial charge in [0.2, 0.25) is 0 Å². The minimum Gasteiger partial charge on any atom is -0.496 e. The molecule has 1 aliphatic heterocycles. The summed E-state index contributed by atoms with van der Waals surface area (Å²) in [7, 11) is 1.54. The van der Waals surface area contributed by atoms with Gasteiger partial charge in [-0.2, -0.15) is 0 Å². The first-order valence-electron chi connectivity index (χ1n) is 8.66. The van der Waals surface area contributed by atoms with Gasteiger partial charge in [0, 0.05) is 37.7 Å². The van der Waals surface area contributed by atoms with Crippen LogP contribution in [0.25, 0.3) is 0 Å². The van der Waals surface area contributed by atoms with E-state index in [-0.39, 0.29) is 11.7 Å². The number of ether oxygens (including phenoxy) is 1. The van der Waals surface area contributed by atoms with E-state index in [2.05, 4.69) is 4.90 Å². The van der Waals surface area contributed by atoms with Crippen LogP contribution in [0.2, 0.25) is 5.02 Å². The molecule has 1 fully saturated rings. The zero-order chi connectivity index (χ0) is 18.5. The van der Waals surface area contributed by atoms with E-state index < -0.39 is 0 Å². The van der Waals surface area contributed by atoms with E-state index in [0.29, 0.717) is 29.4 Å². The van der Waals surface area contributed by atoms with Crippen molar-refractivity contribution in [2.45, 2.75) is 13.0 Å². The highest BCUT2D eigenvalue weighted by Gasteiger charge is 2.23. The molecule has 0 saturated carbocycles. The topological polar surface area (TPSA) is 32.8 Å². The van der Waals surface area contributed by atoms with Gasteiger partial charge >= 0.3 is 0 Å². The van der Waals surface area contributed by atoms with Crippen molar-refractivity contribution in [3.63, 3.8) is 0 Å². The average Bonchev–Trinajstić information content (AvgIpc) is 2.88. The molecule has 138 valence electrons. The van der Waals surface area contributed by atoms with Gasteiger partial charge in [0.25, 0.3) is 5.91 Å². The van der Waals surface area contributed by atoms with Gasteiger partial charge in [0.05, 0.1) is 12.7 Å². The predicted molar refractivity (Wildman–Crippen MR) is 100 cm³/mol. The van der Waals surface area contributed by atoms with Gasteiger partial charge in [-0.05, 0) is 42.3 Å². The van der Waals surface area contributed by atoms with Gasteiger partial charge in [0.15, 0.2) is 0 Å². The second-order valence-corrected chi connectivity index (χ2v) is 6.83. The molecule has 0 bridgehead atoms. The van der Waals surface area contributed by atoms with Crippen LogP contribution in [0.3, 0.4) is 0 Å². The summed E-state index contributed by atoms with van der Waals surface area (Å²) in [5.74, 6) is 0.232. The summed E-state index contributed by atoms with van der Waals surface area (Å²) >= 11 is 5.98. The lowest BCUT2D eigenvalue weighted by Crippen LogP contribution is -2.35. The molecule has 26 heavy (non-hydrogen) atoms. The monoisotopic (exact) mass is 376 g/mol. The van der Waals surface area contributed by atoms with Crippen LogP contribution in [0.1, 0.15) is 22.3 Å². The Bertz CT molecular complexity index is 767. The van der Waals surface area contributed by atoms with Gasteiger partial charge in [-0.3, -0.25) is 9.69 Å². The highest BCUT2D eigenvalue weighted by molar-refractivity contribution is 6.30. The molecule has 2 aromatic carbocycles. The Kier molecular flexibility index (Phi) is 6.12. The van der Waals surface area contributed by atoms with Crippen LogP contribution in [-0.4, -0.2) is 49.0 Å². The Morgan fingerprint density at radius 2 is 1.88 bits per heavy atom. The van der Waals surface area contributed by atoms with E-state index in [9.17, 15) is 9.18 Å². The third-order valence-corrected chi connectivity index (χ3v) is 4.82. The summed E-state index contributed by atoms with van der Waals surface area (Å²) in [6.45, 7) is 3.78. The molecular weight excluding hydrogens is 355 g/mol. The zero-order valence-electron chi connectivity index (χ0n) is 14.8. The molecule has 1 amide bonds. The lowest BCUT2D eigenvalue weighted by Gasteiger charge is -2.23. The van der Waals surface area contributed by atoms with Crippen molar-refractivity contribution in [3.05, 3.63) is 64.4 Å². The van der Waals surface area contributed by atoms with Crippen LogP contribution < -0.4 is 4.74 Å². The van der Waals surface area contributed by atoms with E-state index in [4.69, 9.17) is 16.3 Å². The molecule has 0 spiro atoms. The smallest absolute Gasteiger partial charge is 0.257 e. The van der Waals surface area contributed by atoms with Crippen molar-refractivity contribution < 1.29 is 13.9 Å². The Morgan fingerprint density at radius 3 is 2.62 bits per heavy atom. The number of nitrogens with zero attached hydrogens (tertiary/aromatic N) is 2. The fourth-order valence-electron chi connectivity index (χ4n) is 3.19. The van der Waals surface area contributed by atoms with E-state index in [1.54, 1.807) is 18.2 Å². The highest BCUT2D eigenvalue weighted by atomic mass is 35.5. The summed E-state index contributed by atoms with van der Waals surface area (Å²) in [4.78, 5) is 17.0. The first kappa shape index (κ1) is 18.7. The second-order valence-electron chi connectivity index (χ2n) is 6.39. The summed E-state index contributed by atoms with van der Waals surface area (Å²) < 4.78 is 18.3. The molecule has 4 nitrogen and oxygen atoms in total. The van der Waals surface area contributed by atoms with Crippen molar-refractivity contribution in [1.82, 2.24) is 9.80 Å². The van der Waals surface area contributed by atoms with Crippen LogP contribution in [0.4, 0.5) is 4.39 Å². The van der Waals surface area contributed by atoms with Crippen LogP contribution in [0.5, 0.6) is 5.75 Å². The maximum absolute atomic E-state index is 13.0. The molecular formula is C20H22ClFN2O2. The lowest BCUT2D eigenvalue weighted by molar-refractivity contribution is 0.0757. The van der Waals surface area contributed by atoms with Crippen molar-refractivity contribution in [3.8, 4) is 5.75 Å². The summed E-state index contributed by atoms with van der Waals surface area (Å²) in [6.07, 6.45) is 0.892. The number of benzene rings is 2. The molecule has 6 heteroatoms. The maximum atomic E-state index is 13.0. The second kappa shape index (κ2) is 8.52. The van der Waals surface area contributed by atoms with Gasteiger partial charge in [0.1, 0.15) is 11.6 Å². The number of methoxy groups -OCH3 is 1. The Hall–Kier alpha value is -2.11. The van der Waals surface area contributed by atoms with E-state index in [0.717, 1.165) is 31.6 Å². The fraction of sp³-hybridized carbons (Fsp3) is 0.350. The zero-order valence-corrected chi connectivity index (χ0v) is 15.5. The highest BCUT2D eigenvalue weighted by Crippen LogP contribution is 2.25. The molecule has 0 aromatic heterocycles. The summed E-state index contributed by atoms with van der Waals surface area (Å²) in [5.41, 5.74) is 1.61. The molecule has 0 atom stereocenters. The predicted octanol–water partition coefficient (Wildman–Crippen LogP) is 3.84. The van der Waals surface area contributed by atoms with Crippen molar-refractivity contribution in [1.29, 1.82) is 0 Å². The minimum atomic E-state index is -0.224. The molecule has 0 radical (unpaired) electrons. The minimum absolute atomic E-state index is 0.0397. The normalized spacial score (nSPS) is 15.6. The molecule has 0 unspecified atom stereocenters. The number of carbonyl (C=O) groups excluding carboxylic acids is 1. The Morgan fingerprint density at radius 1 is 1.12 bits per heavy atom. The molecule has 0 aliphatic carbocycles. The van der Waals surface area contributed by atoms with Crippen LogP contribution in [0.15, 0.2) is 42.5 Å². The number of amides is 1. The number of rotatable bonds is 4. The number of hydrogen-bond acceptors (Lipinski definition) is 3. The fourth-order valence-corrected chi connectivity index (χ4v) is 3.35. The molecule has 2 aromatic rings. The van der Waals surface area contributed by atoms with Gasteiger partial charge in [-0.25, -0.2) is 4.39 Å². The van der Waals surface area contributed by atoms with E-state index in [1.165, 1.54) is 19.2 Å². The van der Waals surface area contributed by atoms with E-state index >= 15 is 0 Å². The molecule has 1 heterocycles. The molecule has 3 rings (SSSR count). The van der Waals surface area contributed by atoms with Crippen molar-refractivity contribution in [2.24, 2.45) is 0 Å². The first-order chi connectivity index (χ1) is 12.6. The van der Waals surface area contributed by atoms with Gasteiger partial charge in [-0.1, -0.05) is 23.7 Å². The van der Waals surface area contributed by atoms with Gasteiger partial charge in [-0.15, -0.1) is 0 Å². The lowest BCUT2D eigenvalue weighted by atomic mass is 10.1. The third-order valence-electron chi connectivity index (χ3n) is 4.59. The quantitative estimate of drug-likeness (QED) is 0.812. The SMILES string of the molecule is COc1cc(Cl)ccc1C(=O)N1CCCN(Cc2ccc(F)cc2)CC1. The molecule has 1 aliphatic rings. The molecule has 0 N–H and O–H groups in total. The van der Waals surface area contributed by atoms with E-state index in [1.807, 2.05) is 17.0 Å². The largest absolute Gasteiger partial charge is 0.496 e. The standard InChI is InChI=1S/C20H22ClFN2O2/c1-26-19-13-16(21)5-8-18(19)20(25)24-10-2-9-23(11-12-24)14-15-3-6-17(22)7-4-15/h3-8,13H,2,9-12,14H2,1H3. The van der Waals surface area contributed by atoms with Crippen LogP contribution in [-0.2, 0) is 6.54 Å². The van der Waals surface area contributed by atoms with Crippen LogP contribution in [0, 0.1) is 5.82 Å².